The van der Waals surface area contributed by atoms with Gasteiger partial charge < -0.3 is 9.31 Å². The minimum atomic E-state index is -1.37. The summed E-state index contributed by atoms with van der Waals surface area (Å²) in [6.45, 7) is 14.1. The SMILES string of the molecule is C#Cc1ccc2c(c1)C(c1ccc3c(c1)CC3)(c1ccc3c(c1)CC3)c1cc(B3OC(C)(C)C(C)(C)O3)ccc1-2.CC(C)([O])C(C)(C)[O]. The minimum Gasteiger partial charge on any atom is -0.399 e. The van der Waals surface area contributed by atoms with E-state index in [0.29, 0.717) is 0 Å². The van der Waals surface area contributed by atoms with Crippen molar-refractivity contribution in [2.24, 2.45) is 0 Å². The summed E-state index contributed by atoms with van der Waals surface area (Å²) in [6, 6.07) is 27.7. The van der Waals surface area contributed by atoms with Crippen LogP contribution >= 0.6 is 0 Å². The maximum absolute atomic E-state index is 10.8. The maximum atomic E-state index is 10.8. The molecule has 0 bridgehead atoms. The van der Waals surface area contributed by atoms with E-state index in [2.05, 4.69) is 106 Å². The van der Waals surface area contributed by atoms with Crippen LogP contribution in [0.3, 0.4) is 0 Å². The molecule has 1 aliphatic heterocycles. The molecule has 4 aromatic carbocycles. The van der Waals surface area contributed by atoms with E-state index >= 15 is 0 Å². The molecule has 2 radical (unpaired) electrons. The lowest BCUT2D eigenvalue weighted by Crippen LogP contribution is -2.42. The predicted molar refractivity (Wildman–Crippen MR) is 192 cm³/mol. The molecule has 5 heteroatoms. The fourth-order valence-corrected chi connectivity index (χ4v) is 7.20. The van der Waals surface area contributed by atoms with Crippen LogP contribution in [0.25, 0.3) is 11.1 Å². The van der Waals surface area contributed by atoms with Crippen LogP contribution in [0.15, 0.2) is 72.8 Å². The Kier molecular flexibility index (Phi) is 7.48. The predicted octanol–water partition coefficient (Wildman–Crippen LogP) is 7.93. The molecule has 4 nitrogen and oxygen atoms in total. The molecular formula is C43H45BO4. The number of fused-ring (bicyclic) bond motifs is 5. The second-order valence-electron chi connectivity index (χ2n) is 16.0. The first kappa shape index (κ1) is 32.9. The normalized spacial score (nSPS) is 19.0. The summed E-state index contributed by atoms with van der Waals surface area (Å²) in [4.78, 5) is 0. The number of hydrogen-bond donors (Lipinski definition) is 0. The van der Waals surface area contributed by atoms with Crippen molar-refractivity contribution in [1.29, 1.82) is 0 Å². The third kappa shape index (κ3) is 5.00. The lowest BCUT2D eigenvalue weighted by atomic mass is 9.64. The second-order valence-corrected chi connectivity index (χ2v) is 16.0. The summed E-state index contributed by atoms with van der Waals surface area (Å²) >= 11 is 0. The van der Waals surface area contributed by atoms with Gasteiger partial charge in [0.1, 0.15) is 11.2 Å². The van der Waals surface area contributed by atoms with E-state index in [4.69, 9.17) is 15.7 Å². The smallest absolute Gasteiger partial charge is 0.399 e. The maximum Gasteiger partial charge on any atom is 0.494 e. The topological polar surface area (TPSA) is 58.3 Å². The van der Waals surface area contributed by atoms with Gasteiger partial charge in [0.15, 0.2) is 0 Å². The van der Waals surface area contributed by atoms with Crippen LogP contribution in [0, 0.1) is 12.3 Å². The van der Waals surface area contributed by atoms with Crippen LogP contribution in [0.5, 0.6) is 0 Å². The van der Waals surface area contributed by atoms with Crippen molar-refractivity contribution < 1.29 is 19.5 Å². The number of rotatable bonds is 4. The van der Waals surface area contributed by atoms with Gasteiger partial charge in [0, 0.05) is 5.56 Å². The molecule has 1 heterocycles. The van der Waals surface area contributed by atoms with E-state index in [1.807, 2.05) is 0 Å². The van der Waals surface area contributed by atoms with E-state index < -0.39 is 34.9 Å². The Labute approximate surface area is 286 Å². The van der Waals surface area contributed by atoms with E-state index in [1.54, 1.807) is 0 Å². The van der Waals surface area contributed by atoms with Crippen molar-refractivity contribution in [3.63, 3.8) is 0 Å². The molecule has 244 valence electrons. The van der Waals surface area contributed by atoms with E-state index in [1.165, 1.54) is 96.2 Å². The molecular weight excluding hydrogens is 591 g/mol. The molecule has 3 aliphatic carbocycles. The highest BCUT2D eigenvalue weighted by atomic mass is 16.7. The molecule has 1 fully saturated rings. The Morgan fingerprint density at radius 1 is 0.625 bits per heavy atom. The zero-order valence-electron chi connectivity index (χ0n) is 29.5. The van der Waals surface area contributed by atoms with Gasteiger partial charge in [-0.3, -0.25) is 0 Å². The molecule has 4 aliphatic rings. The fourth-order valence-electron chi connectivity index (χ4n) is 7.20. The van der Waals surface area contributed by atoms with Gasteiger partial charge in [-0.25, -0.2) is 10.2 Å². The summed E-state index contributed by atoms with van der Waals surface area (Å²) in [5.41, 5.74) is 11.5. The monoisotopic (exact) mass is 636 g/mol. The molecule has 0 atom stereocenters. The molecule has 0 amide bonds. The zero-order chi connectivity index (χ0) is 34.4. The van der Waals surface area contributed by atoms with Crippen LogP contribution in [0.4, 0.5) is 0 Å². The quantitative estimate of drug-likeness (QED) is 0.149. The van der Waals surface area contributed by atoms with Crippen molar-refractivity contribution in [3.8, 4) is 23.5 Å². The van der Waals surface area contributed by atoms with Gasteiger partial charge in [-0.05, 0) is 154 Å². The molecule has 0 aromatic heterocycles. The summed E-state index contributed by atoms with van der Waals surface area (Å²) < 4.78 is 13.1. The van der Waals surface area contributed by atoms with Crippen LogP contribution in [0.2, 0.25) is 0 Å². The first-order valence-corrected chi connectivity index (χ1v) is 17.2. The number of terminal acetylenes is 1. The third-order valence-electron chi connectivity index (χ3n) is 11.9. The highest BCUT2D eigenvalue weighted by Gasteiger charge is 2.53. The summed E-state index contributed by atoms with van der Waals surface area (Å²) in [5, 5.41) is 21.6. The van der Waals surface area contributed by atoms with Gasteiger partial charge in [-0.2, -0.15) is 0 Å². The van der Waals surface area contributed by atoms with E-state index in [-0.39, 0.29) is 0 Å². The summed E-state index contributed by atoms with van der Waals surface area (Å²) in [6.07, 6.45) is 10.6. The van der Waals surface area contributed by atoms with Crippen molar-refractivity contribution in [1.82, 2.24) is 0 Å². The molecule has 0 saturated carbocycles. The van der Waals surface area contributed by atoms with E-state index in [0.717, 1.165) is 23.9 Å². The van der Waals surface area contributed by atoms with Crippen molar-refractivity contribution in [3.05, 3.63) is 123 Å². The van der Waals surface area contributed by atoms with Crippen LogP contribution in [-0.4, -0.2) is 29.5 Å². The lowest BCUT2D eigenvalue weighted by molar-refractivity contribution is -0.175. The van der Waals surface area contributed by atoms with Gasteiger partial charge >= 0.3 is 7.12 Å². The Hall–Kier alpha value is -3.66. The van der Waals surface area contributed by atoms with Gasteiger partial charge in [0.25, 0.3) is 0 Å². The Bertz CT molecular complexity index is 1900. The van der Waals surface area contributed by atoms with Gasteiger partial charge in [-0.15, -0.1) is 6.42 Å². The largest absolute Gasteiger partial charge is 0.494 e. The average molecular weight is 637 g/mol. The Balaban J connectivity index is 0.000000408. The third-order valence-corrected chi connectivity index (χ3v) is 11.9. The molecule has 4 aromatic rings. The number of hydrogen-bond acceptors (Lipinski definition) is 2. The average Bonchev–Trinajstić information content (AvgIpc) is 3.39. The molecule has 0 spiro atoms. The highest BCUT2D eigenvalue weighted by molar-refractivity contribution is 6.62. The number of aryl methyl sites for hydroxylation is 4. The fraction of sp³-hybridized carbons (Fsp3) is 0.395. The molecule has 1 saturated heterocycles. The van der Waals surface area contributed by atoms with Gasteiger partial charge in [0.2, 0.25) is 0 Å². The van der Waals surface area contributed by atoms with Crippen LogP contribution in [-0.2, 0) is 50.6 Å². The first-order valence-electron chi connectivity index (χ1n) is 17.2. The van der Waals surface area contributed by atoms with E-state index in [9.17, 15) is 10.2 Å². The standard InChI is InChI=1S/C37H33BO2.C6H12O2/c1-6-23-7-17-31-32-18-16-30(38-39-35(2,3)36(4,5)40-38)22-34(32)37(33(31)19-23,28-14-12-24-8-10-26(24)20-28)29-15-13-25-9-11-27(25)21-29;1-5(2,7)6(3,4)8/h1,7,12-22H,8-11H2,2-5H3;1-4H3. The van der Waals surface area contributed by atoms with Crippen molar-refractivity contribution >= 4 is 12.6 Å². The Morgan fingerprint density at radius 2 is 1.08 bits per heavy atom. The van der Waals surface area contributed by atoms with Crippen LogP contribution < -0.4 is 5.46 Å². The van der Waals surface area contributed by atoms with Gasteiger partial charge in [-0.1, -0.05) is 66.6 Å². The minimum absolute atomic E-state index is 0.401. The van der Waals surface area contributed by atoms with Crippen LogP contribution in [0.1, 0.15) is 105 Å². The number of benzene rings is 4. The molecule has 0 N–H and O–H groups in total. The van der Waals surface area contributed by atoms with Crippen molar-refractivity contribution in [2.45, 2.75) is 109 Å². The summed E-state index contributed by atoms with van der Waals surface area (Å²) in [5.74, 6) is 2.92. The molecule has 0 unspecified atom stereocenters. The molecule has 48 heavy (non-hydrogen) atoms. The molecule has 8 rings (SSSR count). The second kappa shape index (κ2) is 10.9. The summed E-state index contributed by atoms with van der Waals surface area (Å²) in [7, 11) is -0.424. The zero-order valence-corrected chi connectivity index (χ0v) is 29.5. The van der Waals surface area contributed by atoms with Gasteiger partial charge in [0.05, 0.1) is 16.6 Å². The van der Waals surface area contributed by atoms with Crippen molar-refractivity contribution in [2.75, 3.05) is 0 Å². The lowest BCUT2D eigenvalue weighted by Gasteiger charge is -2.37. The first-order chi connectivity index (χ1) is 22.5. The highest BCUT2D eigenvalue weighted by Crippen LogP contribution is 2.57. The Morgan fingerprint density at radius 3 is 1.50 bits per heavy atom.